The molecular formula is C13H22N2O2. The van der Waals surface area contributed by atoms with Crippen LogP contribution < -0.4 is 5.73 Å². The first-order chi connectivity index (χ1) is 8.11. The highest BCUT2D eigenvalue weighted by molar-refractivity contribution is 5.12. The average Bonchev–Trinajstić information content (AvgIpc) is 2.88. The van der Waals surface area contributed by atoms with Gasteiger partial charge in [-0.1, -0.05) is 0 Å². The number of likely N-dealkylation sites (tertiary alicyclic amines) is 1. The van der Waals surface area contributed by atoms with Crippen molar-refractivity contribution >= 4 is 0 Å². The zero-order chi connectivity index (χ0) is 12.4. The predicted octanol–water partition coefficient (Wildman–Crippen LogP) is 1.70. The molecule has 0 bridgehead atoms. The van der Waals surface area contributed by atoms with E-state index < -0.39 is 0 Å². The fourth-order valence-electron chi connectivity index (χ4n) is 2.58. The van der Waals surface area contributed by atoms with Crippen molar-refractivity contribution in [2.75, 3.05) is 20.2 Å². The van der Waals surface area contributed by atoms with E-state index in [1.54, 1.807) is 7.11 Å². The third-order valence-corrected chi connectivity index (χ3v) is 3.45. The Balaban J connectivity index is 2.13. The van der Waals surface area contributed by atoms with Gasteiger partial charge in [0, 0.05) is 26.2 Å². The summed E-state index contributed by atoms with van der Waals surface area (Å²) >= 11 is 0. The molecule has 1 aromatic rings. The van der Waals surface area contributed by atoms with Crippen molar-refractivity contribution in [2.45, 2.75) is 38.5 Å². The number of rotatable bonds is 4. The molecule has 0 aliphatic carbocycles. The molecule has 0 spiro atoms. The molecule has 2 N–H and O–H groups in total. The van der Waals surface area contributed by atoms with Crippen LogP contribution in [0.4, 0.5) is 0 Å². The molecule has 1 fully saturated rings. The fourth-order valence-corrected chi connectivity index (χ4v) is 2.58. The van der Waals surface area contributed by atoms with E-state index in [0.717, 1.165) is 31.0 Å². The minimum absolute atomic E-state index is 0.0520. The molecule has 96 valence electrons. The summed E-state index contributed by atoms with van der Waals surface area (Å²) in [7, 11) is 1.77. The molecule has 17 heavy (non-hydrogen) atoms. The lowest BCUT2D eigenvalue weighted by Crippen LogP contribution is -2.38. The van der Waals surface area contributed by atoms with Gasteiger partial charge >= 0.3 is 0 Å². The van der Waals surface area contributed by atoms with Crippen LogP contribution in [0.1, 0.15) is 30.9 Å². The lowest BCUT2D eigenvalue weighted by atomic mass is 10.1. The topological polar surface area (TPSA) is 51.6 Å². The molecule has 1 aliphatic rings. The number of aryl methyl sites for hydroxylation is 1. The standard InChI is InChI=1S/C13H22N2O2/c1-9-4-5-12(17-9)13(10(2)14)15-7-6-11(8-15)16-3/h4-5,10-11,13H,6-8,14H2,1-3H3. The fraction of sp³-hybridized carbons (Fsp3) is 0.692. The van der Waals surface area contributed by atoms with Crippen LogP contribution in [0.3, 0.4) is 0 Å². The molecule has 0 amide bonds. The van der Waals surface area contributed by atoms with Gasteiger partial charge in [0.25, 0.3) is 0 Å². The van der Waals surface area contributed by atoms with Crippen molar-refractivity contribution in [3.8, 4) is 0 Å². The Morgan fingerprint density at radius 2 is 2.29 bits per heavy atom. The molecular weight excluding hydrogens is 216 g/mol. The van der Waals surface area contributed by atoms with Gasteiger partial charge in [-0.3, -0.25) is 4.90 Å². The van der Waals surface area contributed by atoms with Gasteiger partial charge in [-0.15, -0.1) is 0 Å². The molecule has 1 aliphatic heterocycles. The quantitative estimate of drug-likeness (QED) is 0.867. The second-order valence-electron chi connectivity index (χ2n) is 4.89. The van der Waals surface area contributed by atoms with Gasteiger partial charge in [-0.25, -0.2) is 0 Å². The van der Waals surface area contributed by atoms with E-state index >= 15 is 0 Å². The summed E-state index contributed by atoms with van der Waals surface area (Å²) in [6.45, 7) is 5.94. The highest BCUT2D eigenvalue weighted by atomic mass is 16.5. The lowest BCUT2D eigenvalue weighted by molar-refractivity contribution is 0.0946. The maximum Gasteiger partial charge on any atom is 0.122 e. The summed E-state index contributed by atoms with van der Waals surface area (Å²) in [4.78, 5) is 2.36. The normalized spacial score (nSPS) is 25.1. The van der Waals surface area contributed by atoms with Crippen molar-refractivity contribution in [2.24, 2.45) is 5.73 Å². The first kappa shape index (κ1) is 12.6. The summed E-state index contributed by atoms with van der Waals surface area (Å²) in [5.74, 6) is 1.90. The second-order valence-corrected chi connectivity index (χ2v) is 4.89. The van der Waals surface area contributed by atoms with Crippen LogP contribution in [0, 0.1) is 6.92 Å². The molecule has 1 saturated heterocycles. The Kier molecular flexibility index (Phi) is 3.86. The molecule has 0 aromatic carbocycles. The van der Waals surface area contributed by atoms with E-state index in [2.05, 4.69) is 4.90 Å². The van der Waals surface area contributed by atoms with E-state index in [1.807, 2.05) is 26.0 Å². The summed E-state index contributed by atoms with van der Waals surface area (Å²) in [6, 6.07) is 4.23. The van der Waals surface area contributed by atoms with E-state index in [0.29, 0.717) is 6.10 Å². The lowest BCUT2D eigenvalue weighted by Gasteiger charge is -2.29. The van der Waals surface area contributed by atoms with Gasteiger partial charge in [-0.05, 0) is 32.4 Å². The largest absolute Gasteiger partial charge is 0.465 e. The summed E-state index contributed by atoms with van der Waals surface area (Å²) < 4.78 is 11.1. The zero-order valence-corrected chi connectivity index (χ0v) is 10.8. The molecule has 0 saturated carbocycles. The zero-order valence-electron chi connectivity index (χ0n) is 10.8. The third-order valence-electron chi connectivity index (χ3n) is 3.45. The van der Waals surface area contributed by atoms with Crippen LogP contribution in [-0.4, -0.2) is 37.2 Å². The van der Waals surface area contributed by atoms with E-state index in [9.17, 15) is 0 Å². The first-order valence-corrected chi connectivity index (χ1v) is 6.20. The molecule has 3 atom stereocenters. The molecule has 2 heterocycles. The van der Waals surface area contributed by atoms with Gasteiger partial charge in [-0.2, -0.15) is 0 Å². The molecule has 4 nitrogen and oxygen atoms in total. The van der Waals surface area contributed by atoms with Crippen LogP contribution in [0.15, 0.2) is 16.5 Å². The molecule has 4 heteroatoms. The van der Waals surface area contributed by atoms with Crippen LogP contribution >= 0.6 is 0 Å². The van der Waals surface area contributed by atoms with E-state index in [4.69, 9.17) is 14.9 Å². The van der Waals surface area contributed by atoms with Crippen LogP contribution in [0.25, 0.3) is 0 Å². The van der Waals surface area contributed by atoms with Crippen molar-refractivity contribution < 1.29 is 9.15 Å². The SMILES string of the molecule is COC1CCN(C(c2ccc(C)o2)C(C)N)C1. The number of ether oxygens (including phenoxy) is 1. The van der Waals surface area contributed by atoms with Gasteiger partial charge in [0.2, 0.25) is 0 Å². The Hall–Kier alpha value is -0.840. The van der Waals surface area contributed by atoms with Crippen LogP contribution in [0.5, 0.6) is 0 Å². The molecule has 0 radical (unpaired) electrons. The van der Waals surface area contributed by atoms with Gasteiger partial charge in [0.1, 0.15) is 11.5 Å². The Labute approximate surface area is 103 Å². The number of nitrogens with zero attached hydrogens (tertiary/aromatic N) is 1. The van der Waals surface area contributed by atoms with Gasteiger partial charge < -0.3 is 14.9 Å². The summed E-state index contributed by atoms with van der Waals surface area (Å²) in [5.41, 5.74) is 6.10. The predicted molar refractivity (Wildman–Crippen MR) is 66.8 cm³/mol. The van der Waals surface area contributed by atoms with Crippen LogP contribution in [-0.2, 0) is 4.74 Å². The number of hydrogen-bond donors (Lipinski definition) is 1. The average molecular weight is 238 g/mol. The smallest absolute Gasteiger partial charge is 0.122 e. The van der Waals surface area contributed by atoms with Crippen molar-refractivity contribution in [3.05, 3.63) is 23.7 Å². The number of nitrogens with two attached hydrogens (primary N) is 1. The molecule has 2 rings (SSSR count). The monoisotopic (exact) mass is 238 g/mol. The highest BCUT2D eigenvalue weighted by Gasteiger charge is 2.32. The van der Waals surface area contributed by atoms with Crippen molar-refractivity contribution in [1.29, 1.82) is 0 Å². The molecule has 1 aromatic heterocycles. The Bertz CT molecular complexity index is 362. The Morgan fingerprint density at radius 3 is 2.76 bits per heavy atom. The van der Waals surface area contributed by atoms with E-state index in [-0.39, 0.29) is 12.1 Å². The number of methoxy groups -OCH3 is 1. The molecule has 3 unspecified atom stereocenters. The first-order valence-electron chi connectivity index (χ1n) is 6.20. The van der Waals surface area contributed by atoms with Crippen molar-refractivity contribution in [1.82, 2.24) is 4.90 Å². The summed E-state index contributed by atoms with van der Waals surface area (Å²) in [5, 5.41) is 0. The third kappa shape index (κ3) is 2.70. The highest BCUT2D eigenvalue weighted by Crippen LogP contribution is 2.29. The Morgan fingerprint density at radius 1 is 1.53 bits per heavy atom. The van der Waals surface area contributed by atoms with E-state index in [1.165, 1.54) is 0 Å². The maximum atomic E-state index is 6.10. The van der Waals surface area contributed by atoms with Gasteiger partial charge in [0.05, 0.1) is 12.1 Å². The van der Waals surface area contributed by atoms with Gasteiger partial charge in [0.15, 0.2) is 0 Å². The van der Waals surface area contributed by atoms with Crippen molar-refractivity contribution in [3.63, 3.8) is 0 Å². The minimum Gasteiger partial charge on any atom is -0.465 e. The maximum absolute atomic E-state index is 6.10. The second kappa shape index (κ2) is 5.21. The van der Waals surface area contributed by atoms with Crippen LogP contribution in [0.2, 0.25) is 0 Å². The minimum atomic E-state index is 0.0520. The number of hydrogen-bond acceptors (Lipinski definition) is 4. The summed E-state index contributed by atoms with van der Waals surface area (Å²) in [6.07, 6.45) is 1.40. The number of furan rings is 1.